The van der Waals surface area contributed by atoms with Gasteiger partial charge in [-0.3, -0.25) is 9.88 Å². The molecule has 0 radical (unpaired) electrons. The molecule has 1 N–H and O–H groups in total. The van der Waals surface area contributed by atoms with E-state index in [1.165, 1.54) is 52.2 Å². The number of nitrogens with one attached hydrogen (secondary N) is 1. The largest absolute Gasteiger partial charge is 0.358 e. The van der Waals surface area contributed by atoms with Crippen molar-refractivity contribution in [3.05, 3.63) is 82.3 Å². The molecule has 3 heteroatoms. The Morgan fingerprint density at radius 2 is 2.03 bits per heavy atom. The van der Waals surface area contributed by atoms with Crippen LogP contribution in [0.3, 0.4) is 0 Å². The molecule has 0 saturated heterocycles. The molecule has 3 nitrogen and oxygen atoms in total. The van der Waals surface area contributed by atoms with E-state index in [0.29, 0.717) is 6.04 Å². The molecule has 1 unspecified atom stereocenters. The van der Waals surface area contributed by atoms with E-state index in [9.17, 15) is 0 Å². The predicted octanol–water partition coefficient (Wildman–Crippen LogP) is 5.27. The Kier molecular flexibility index (Phi) is 6.15. The second kappa shape index (κ2) is 8.96. The summed E-state index contributed by atoms with van der Waals surface area (Å²) < 4.78 is 0. The fourth-order valence-corrected chi connectivity index (χ4v) is 4.68. The van der Waals surface area contributed by atoms with Gasteiger partial charge in [0.15, 0.2) is 0 Å². The molecule has 0 bridgehead atoms. The highest BCUT2D eigenvalue weighted by Crippen LogP contribution is 2.28. The van der Waals surface area contributed by atoms with Crippen molar-refractivity contribution in [1.82, 2.24) is 15.2 Å². The average Bonchev–Trinajstić information content (AvgIpc) is 2.75. The lowest BCUT2D eigenvalue weighted by Gasteiger charge is -2.39. The average molecular weight is 388 g/mol. The minimum atomic E-state index is 0.631. The van der Waals surface area contributed by atoms with Gasteiger partial charge in [0.1, 0.15) is 0 Å². The van der Waals surface area contributed by atoms with Crippen molar-refractivity contribution < 1.29 is 0 Å². The Hall–Kier alpha value is -2.39. The minimum absolute atomic E-state index is 0.631. The Morgan fingerprint density at radius 1 is 1.17 bits per heavy atom. The van der Waals surface area contributed by atoms with Crippen molar-refractivity contribution in [2.45, 2.75) is 58.9 Å². The molecule has 2 aliphatic rings. The van der Waals surface area contributed by atoms with Crippen LogP contribution < -0.4 is 5.32 Å². The van der Waals surface area contributed by atoms with Crippen LogP contribution in [0.2, 0.25) is 0 Å². The predicted molar refractivity (Wildman–Crippen MR) is 122 cm³/mol. The summed E-state index contributed by atoms with van der Waals surface area (Å²) in [7, 11) is 0. The highest BCUT2D eigenvalue weighted by molar-refractivity contribution is 5.68. The number of rotatable bonds is 5. The molecule has 0 saturated carbocycles. The van der Waals surface area contributed by atoms with Crippen LogP contribution in [0.15, 0.2) is 60.1 Å². The van der Waals surface area contributed by atoms with Gasteiger partial charge in [-0.2, -0.15) is 0 Å². The van der Waals surface area contributed by atoms with E-state index in [-0.39, 0.29) is 0 Å². The number of allylic oxidation sites excluding steroid dienone is 1. The summed E-state index contributed by atoms with van der Waals surface area (Å²) >= 11 is 0. The molecule has 1 aliphatic heterocycles. The number of nitrogens with zero attached hydrogens (tertiary/aromatic N) is 2. The first-order chi connectivity index (χ1) is 14.2. The third kappa shape index (κ3) is 4.45. The van der Waals surface area contributed by atoms with Crippen molar-refractivity contribution in [1.29, 1.82) is 0 Å². The molecule has 152 valence electrons. The number of fused-ring (bicyclic) bond motifs is 1. The molecular weight excluding hydrogens is 354 g/mol. The lowest BCUT2D eigenvalue weighted by Crippen LogP contribution is -2.45. The lowest BCUT2D eigenvalue weighted by atomic mass is 9.88. The maximum atomic E-state index is 4.31. The molecular formula is C26H33N3. The number of hydrogen-bond acceptors (Lipinski definition) is 3. The lowest BCUT2D eigenvalue weighted by molar-refractivity contribution is 0.185. The molecule has 1 atom stereocenters. The molecule has 2 heterocycles. The molecule has 2 aromatic rings. The third-order valence-corrected chi connectivity index (χ3v) is 6.50. The van der Waals surface area contributed by atoms with Gasteiger partial charge in [-0.15, -0.1) is 0 Å². The van der Waals surface area contributed by atoms with Gasteiger partial charge in [-0.25, -0.2) is 0 Å². The standard InChI is InChI=1S/C26H33N3/c1-4-7-25(24-9-6-5-8-19(24)2)28-26-18-29(15-13-20(26)3)23-11-10-22-17-27-14-12-21(22)16-23/h5-9,12,14,17,23,28H,4,10-11,13,15-16,18H2,1-3H3/b25-7+. The van der Waals surface area contributed by atoms with Crippen molar-refractivity contribution in [3.8, 4) is 0 Å². The summed E-state index contributed by atoms with van der Waals surface area (Å²) in [5.74, 6) is 0. The van der Waals surface area contributed by atoms with Gasteiger partial charge in [0.2, 0.25) is 0 Å². The van der Waals surface area contributed by atoms with E-state index in [4.69, 9.17) is 0 Å². The first-order valence-electron chi connectivity index (χ1n) is 11.0. The van der Waals surface area contributed by atoms with Gasteiger partial charge in [-0.05, 0) is 68.7 Å². The van der Waals surface area contributed by atoms with Crippen LogP contribution in [0.5, 0.6) is 0 Å². The van der Waals surface area contributed by atoms with Gasteiger partial charge >= 0.3 is 0 Å². The molecule has 0 fully saturated rings. The molecule has 1 aromatic heterocycles. The second-order valence-corrected chi connectivity index (χ2v) is 8.49. The Bertz CT molecular complexity index is 925. The van der Waals surface area contributed by atoms with Gasteiger partial charge in [0, 0.05) is 48.5 Å². The van der Waals surface area contributed by atoms with E-state index in [2.05, 4.69) is 78.6 Å². The Balaban J connectivity index is 1.51. The van der Waals surface area contributed by atoms with Crippen LogP contribution in [0, 0.1) is 6.92 Å². The van der Waals surface area contributed by atoms with Crippen LogP contribution in [0.25, 0.3) is 5.70 Å². The van der Waals surface area contributed by atoms with E-state index in [1.54, 1.807) is 0 Å². The zero-order valence-corrected chi connectivity index (χ0v) is 18.0. The number of benzene rings is 1. The van der Waals surface area contributed by atoms with Crippen LogP contribution in [0.1, 0.15) is 55.4 Å². The maximum Gasteiger partial charge on any atom is 0.0417 e. The summed E-state index contributed by atoms with van der Waals surface area (Å²) in [5.41, 5.74) is 9.70. The van der Waals surface area contributed by atoms with E-state index in [1.807, 2.05) is 6.20 Å². The minimum Gasteiger partial charge on any atom is -0.358 e. The van der Waals surface area contributed by atoms with Crippen molar-refractivity contribution in [2.24, 2.45) is 0 Å². The zero-order chi connectivity index (χ0) is 20.2. The molecule has 29 heavy (non-hydrogen) atoms. The Morgan fingerprint density at radius 3 is 2.86 bits per heavy atom. The van der Waals surface area contributed by atoms with Gasteiger partial charge in [-0.1, -0.05) is 42.8 Å². The first-order valence-corrected chi connectivity index (χ1v) is 11.0. The molecule has 1 aromatic carbocycles. The topological polar surface area (TPSA) is 28.2 Å². The van der Waals surface area contributed by atoms with Crippen molar-refractivity contribution in [2.75, 3.05) is 13.1 Å². The van der Waals surface area contributed by atoms with Crippen LogP contribution in [0.4, 0.5) is 0 Å². The SMILES string of the molecule is CC/C=C(/NC1=C(C)CCN(C2CCc3cnccc3C2)C1)c1ccccc1C. The van der Waals surface area contributed by atoms with E-state index < -0.39 is 0 Å². The molecule has 4 rings (SSSR count). The molecule has 0 spiro atoms. The van der Waals surface area contributed by atoms with Crippen molar-refractivity contribution >= 4 is 5.70 Å². The number of hydrogen-bond donors (Lipinski definition) is 1. The van der Waals surface area contributed by atoms with Gasteiger partial charge in [0.05, 0.1) is 0 Å². The smallest absolute Gasteiger partial charge is 0.0417 e. The molecule has 0 amide bonds. The molecule has 1 aliphatic carbocycles. The number of pyridine rings is 1. The van der Waals surface area contributed by atoms with Gasteiger partial charge < -0.3 is 5.32 Å². The van der Waals surface area contributed by atoms with Crippen LogP contribution in [-0.2, 0) is 12.8 Å². The van der Waals surface area contributed by atoms with E-state index in [0.717, 1.165) is 32.2 Å². The number of aromatic nitrogens is 1. The highest BCUT2D eigenvalue weighted by Gasteiger charge is 2.27. The first kappa shape index (κ1) is 19.9. The Labute approximate surface area is 175 Å². The maximum absolute atomic E-state index is 4.31. The fourth-order valence-electron chi connectivity index (χ4n) is 4.68. The summed E-state index contributed by atoms with van der Waals surface area (Å²) in [6.45, 7) is 8.89. The number of aryl methyl sites for hydroxylation is 2. The van der Waals surface area contributed by atoms with E-state index >= 15 is 0 Å². The van der Waals surface area contributed by atoms with Gasteiger partial charge in [0.25, 0.3) is 0 Å². The fraction of sp³-hybridized carbons (Fsp3) is 0.423. The summed E-state index contributed by atoms with van der Waals surface area (Å²) in [4.78, 5) is 7.00. The van der Waals surface area contributed by atoms with Crippen LogP contribution >= 0.6 is 0 Å². The quantitative estimate of drug-likeness (QED) is 0.758. The normalized spacial score (nSPS) is 20.5. The van der Waals surface area contributed by atoms with Crippen LogP contribution in [-0.4, -0.2) is 29.0 Å². The van der Waals surface area contributed by atoms with Crippen molar-refractivity contribution in [3.63, 3.8) is 0 Å². The monoisotopic (exact) mass is 387 g/mol. The second-order valence-electron chi connectivity index (χ2n) is 8.49. The summed E-state index contributed by atoms with van der Waals surface area (Å²) in [5, 5.41) is 3.84. The summed E-state index contributed by atoms with van der Waals surface area (Å²) in [6.07, 6.45) is 12.0. The third-order valence-electron chi connectivity index (χ3n) is 6.50. The highest BCUT2D eigenvalue weighted by atomic mass is 15.2. The zero-order valence-electron chi connectivity index (χ0n) is 18.0. The summed E-state index contributed by atoms with van der Waals surface area (Å²) in [6, 6.07) is 11.5.